The summed E-state index contributed by atoms with van der Waals surface area (Å²) in [5, 5.41) is 0. The molecule has 0 aliphatic heterocycles. The minimum Gasteiger partial charge on any atom is -0.370 e. The van der Waals surface area contributed by atoms with Crippen LogP contribution in [-0.4, -0.2) is 17.7 Å². The van der Waals surface area contributed by atoms with Gasteiger partial charge in [0.1, 0.15) is 6.29 Å². The van der Waals surface area contributed by atoms with E-state index in [0.29, 0.717) is 12.7 Å². The lowest BCUT2D eigenvalue weighted by Crippen LogP contribution is -2.28. The molecule has 0 aromatic rings. The summed E-state index contributed by atoms with van der Waals surface area (Å²) in [6.45, 7) is 0. The highest BCUT2D eigenvalue weighted by Crippen LogP contribution is 2.41. The Kier molecular flexibility index (Phi) is 1.48. The zero-order chi connectivity index (χ0) is 7.78. The maximum atomic E-state index is 10.3. The molecule has 10 heavy (non-hydrogen) atoms. The van der Waals surface area contributed by atoms with Crippen molar-refractivity contribution in [3.63, 3.8) is 0 Å². The standard InChI is InChI=1S/C6H10N2O2/c7-5(10)1-4-2-6(4,8)3-9/h3-4H,1-2,8H2,(H2,7,10)/t4-,6+/m1/s1. The van der Waals surface area contributed by atoms with E-state index in [1.165, 1.54) is 0 Å². The third kappa shape index (κ3) is 1.16. The molecule has 1 fully saturated rings. The van der Waals surface area contributed by atoms with Crippen molar-refractivity contribution in [2.24, 2.45) is 17.4 Å². The summed E-state index contributed by atoms with van der Waals surface area (Å²) in [7, 11) is 0. The van der Waals surface area contributed by atoms with Crippen molar-refractivity contribution in [1.29, 1.82) is 0 Å². The van der Waals surface area contributed by atoms with Gasteiger partial charge in [-0.05, 0) is 12.3 Å². The van der Waals surface area contributed by atoms with Crippen LogP contribution in [0, 0.1) is 5.92 Å². The highest BCUT2D eigenvalue weighted by Gasteiger charge is 2.51. The van der Waals surface area contributed by atoms with Gasteiger partial charge in [0.2, 0.25) is 5.91 Å². The van der Waals surface area contributed by atoms with Gasteiger partial charge < -0.3 is 16.3 Å². The lowest BCUT2D eigenvalue weighted by Gasteiger charge is -1.97. The molecular formula is C6H10N2O2. The van der Waals surface area contributed by atoms with E-state index < -0.39 is 5.54 Å². The lowest BCUT2D eigenvalue weighted by atomic mass is 10.2. The molecule has 4 nitrogen and oxygen atoms in total. The molecule has 0 spiro atoms. The summed E-state index contributed by atoms with van der Waals surface area (Å²) in [6.07, 6.45) is 1.52. The Bertz CT molecular complexity index is 181. The van der Waals surface area contributed by atoms with E-state index in [1.54, 1.807) is 0 Å². The van der Waals surface area contributed by atoms with Crippen LogP contribution in [-0.2, 0) is 9.59 Å². The molecule has 0 heterocycles. The van der Waals surface area contributed by atoms with Crippen LogP contribution in [0.5, 0.6) is 0 Å². The maximum Gasteiger partial charge on any atom is 0.217 e. The van der Waals surface area contributed by atoms with Gasteiger partial charge in [-0.2, -0.15) is 0 Å². The third-order valence-corrected chi connectivity index (χ3v) is 1.87. The number of primary amides is 1. The van der Waals surface area contributed by atoms with Crippen molar-refractivity contribution in [1.82, 2.24) is 0 Å². The highest BCUT2D eigenvalue weighted by atomic mass is 16.1. The van der Waals surface area contributed by atoms with Gasteiger partial charge in [-0.3, -0.25) is 4.79 Å². The second-order valence-electron chi connectivity index (χ2n) is 2.80. The molecule has 1 aliphatic carbocycles. The van der Waals surface area contributed by atoms with Gasteiger partial charge in [-0.25, -0.2) is 0 Å². The second-order valence-corrected chi connectivity index (χ2v) is 2.80. The number of carbonyl (C=O) groups is 2. The Morgan fingerprint density at radius 1 is 1.80 bits per heavy atom. The maximum absolute atomic E-state index is 10.3. The van der Waals surface area contributed by atoms with E-state index in [4.69, 9.17) is 11.5 Å². The fraction of sp³-hybridized carbons (Fsp3) is 0.667. The average molecular weight is 142 g/mol. The summed E-state index contributed by atoms with van der Waals surface area (Å²) in [6, 6.07) is 0. The lowest BCUT2D eigenvalue weighted by molar-refractivity contribution is -0.118. The molecule has 1 aliphatic rings. The van der Waals surface area contributed by atoms with Crippen LogP contribution >= 0.6 is 0 Å². The molecule has 4 heteroatoms. The molecule has 0 radical (unpaired) electrons. The molecule has 1 amide bonds. The Balaban J connectivity index is 2.38. The van der Waals surface area contributed by atoms with Crippen LogP contribution < -0.4 is 11.5 Å². The van der Waals surface area contributed by atoms with Gasteiger partial charge in [-0.1, -0.05) is 0 Å². The molecule has 2 atom stereocenters. The first-order chi connectivity index (χ1) is 4.58. The number of nitrogens with two attached hydrogens (primary N) is 2. The van der Waals surface area contributed by atoms with Crippen LogP contribution in [0.1, 0.15) is 12.8 Å². The van der Waals surface area contributed by atoms with Gasteiger partial charge in [-0.15, -0.1) is 0 Å². The molecule has 0 aromatic heterocycles. The van der Waals surface area contributed by atoms with Gasteiger partial charge in [0.15, 0.2) is 0 Å². The molecule has 56 valence electrons. The molecule has 0 aromatic carbocycles. The number of hydrogen-bond acceptors (Lipinski definition) is 3. The van der Waals surface area contributed by atoms with Crippen molar-refractivity contribution in [3.05, 3.63) is 0 Å². The van der Waals surface area contributed by atoms with Crippen molar-refractivity contribution in [2.45, 2.75) is 18.4 Å². The minimum absolute atomic E-state index is 0.0116. The first-order valence-electron chi connectivity index (χ1n) is 3.12. The average Bonchev–Trinajstić information content (AvgIpc) is 2.43. The molecule has 1 saturated carbocycles. The smallest absolute Gasteiger partial charge is 0.217 e. The SMILES string of the molecule is NC(=O)C[C@@H]1C[C@]1(N)C=O. The van der Waals surface area contributed by atoms with Crippen molar-refractivity contribution >= 4 is 12.2 Å². The molecular weight excluding hydrogens is 132 g/mol. The van der Waals surface area contributed by atoms with Gasteiger partial charge >= 0.3 is 0 Å². The van der Waals surface area contributed by atoms with Crippen LogP contribution in [0.2, 0.25) is 0 Å². The molecule has 0 bridgehead atoms. The molecule has 4 N–H and O–H groups in total. The van der Waals surface area contributed by atoms with Crippen LogP contribution in [0.15, 0.2) is 0 Å². The normalized spacial score (nSPS) is 37.1. The van der Waals surface area contributed by atoms with E-state index in [1.807, 2.05) is 0 Å². The predicted octanol–water partition coefficient (Wildman–Crippen LogP) is -1.22. The quantitative estimate of drug-likeness (QED) is 0.484. The van der Waals surface area contributed by atoms with Crippen LogP contribution in [0.3, 0.4) is 0 Å². The van der Waals surface area contributed by atoms with Gasteiger partial charge in [0.05, 0.1) is 5.54 Å². The van der Waals surface area contributed by atoms with Gasteiger partial charge in [0.25, 0.3) is 0 Å². The van der Waals surface area contributed by atoms with Crippen LogP contribution in [0.4, 0.5) is 0 Å². The third-order valence-electron chi connectivity index (χ3n) is 1.87. The summed E-state index contributed by atoms with van der Waals surface area (Å²) in [5.41, 5.74) is 9.62. The Morgan fingerprint density at radius 3 is 2.70 bits per heavy atom. The van der Waals surface area contributed by atoms with E-state index in [2.05, 4.69) is 0 Å². The topological polar surface area (TPSA) is 86.2 Å². The number of hydrogen-bond donors (Lipinski definition) is 2. The van der Waals surface area contributed by atoms with E-state index >= 15 is 0 Å². The Morgan fingerprint density at radius 2 is 2.40 bits per heavy atom. The Hall–Kier alpha value is -0.900. The molecule has 0 saturated heterocycles. The zero-order valence-electron chi connectivity index (χ0n) is 5.54. The van der Waals surface area contributed by atoms with E-state index in [0.717, 1.165) is 0 Å². The van der Waals surface area contributed by atoms with Crippen molar-refractivity contribution in [3.8, 4) is 0 Å². The summed E-state index contributed by atoms with van der Waals surface area (Å²) in [4.78, 5) is 20.5. The number of amides is 1. The second kappa shape index (κ2) is 2.05. The van der Waals surface area contributed by atoms with Crippen LogP contribution in [0.25, 0.3) is 0 Å². The first kappa shape index (κ1) is 7.21. The van der Waals surface area contributed by atoms with Gasteiger partial charge in [0, 0.05) is 6.42 Å². The highest BCUT2D eigenvalue weighted by molar-refractivity contribution is 5.78. The first-order valence-corrected chi connectivity index (χ1v) is 3.12. The monoisotopic (exact) mass is 142 g/mol. The summed E-state index contributed by atoms with van der Waals surface area (Å²) < 4.78 is 0. The summed E-state index contributed by atoms with van der Waals surface area (Å²) >= 11 is 0. The summed E-state index contributed by atoms with van der Waals surface area (Å²) in [5.74, 6) is -0.401. The fourth-order valence-electron chi connectivity index (χ4n) is 1.02. The number of aldehydes is 1. The van der Waals surface area contributed by atoms with Crippen molar-refractivity contribution in [2.75, 3.05) is 0 Å². The largest absolute Gasteiger partial charge is 0.370 e. The fourth-order valence-corrected chi connectivity index (χ4v) is 1.02. The zero-order valence-corrected chi connectivity index (χ0v) is 5.54. The van der Waals surface area contributed by atoms with E-state index in [9.17, 15) is 9.59 Å². The minimum atomic E-state index is -0.741. The number of carbonyl (C=O) groups excluding carboxylic acids is 2. The predicted molar refractivity (Wildman–Crippen MR) is 34.9 cm³/mol. The number of rotatable bonds is 3. The Labute approximate surface area is 58.6 Å². The molecule has 1 rings (SSSR count). The molecule has 0 unspecified atom stereocenters. The van der Waals surface area contributed by atoms with E-state index in [-0.39, 0.29) is 18.2 Å². The van der Waals surface area contributed by atoms with Crippen molar-refractivity contribution < 1.29 is 9.59 Å².